The average Bonchev–Trinajstić information content (AvgIpc) is 2.92. The van der Waals surface area contributed by atoms with Gasteiger partial charge in [-0.15, -0.1) is 0 Å². The first-order valence-electron chi connectivity index (χ1n) is 6.12. The quantitative estimate of drug-likeness (QED) is 0.767. The molecule has 0 aromatic rings. The summed E-state index contributed by atoms with van der Waals surface area (Å²) in [5.41, 5.74) is 0. The van der Waals surface area contributed by atoms with E-state index in [9.17, 15) is 4.79 Å². The van der Waals surface area contributed by atoms with E-state index < -0.39 is 0 Å². The Morgan fingerprint density at radius 2 is 1.93 bits per heavy atom. The predicted octanol–water partition coefficient (Wildman–Crippen LogP) is 2.71. The molecule has 2 saturated carbocycles. The van der Waals surface area contributed by atoms with E-state index in [2.05, 4.69) is 21.2 Å². The lowest BCUT2D eigenvalue weighted by atomic mass is 9.98. The predicted molar refractivity (Wildman–Crippen MR) is 65.0 cm³/mol. The Bertz CT molecular complexity index is 228. The van der Waals surface area contributed by atoms with Gasteiger partial charge < -0.3 is 5.32 Å². The maximum Gasteiger partial charge on any atom is 0.220 e. The molecule has 0 saturated heterocycles. The van der Waals surface area contributed by atoms with Gasteiger partial charge in [-0.25, -0.2) is 0 Å². The Morgan fingerprint density at radius 1 is 1.20 bits per heavy atom. The van der Waals surface area contributed by atoms with Gasteiger partial charge in [-0.3, -0.25) is 4.79 Å². The van der Waals surface area contributed by atoms with Gasteiger partial charge >= 0.3 is 0 Å². The van der Waals surface area contributed by atoms with Crippen LogP contribution in [0.3, 0.4) is 0 Å². The van der Waals surface area contributed by atoms with Gasteiger partial charge in [0.1, 0.15) is 0 Å². The Balaban J connectivity index is 1.65. The summed E-state index contributed by atoms with van der Waals surface area (Å²) < 4.78 is 0. The lowest BCUT2D eigenvalue weighted by Crippen LogP contribution is -2.31. The highest BCUT2D eigenvalue weighted by molar-refractivity contribution is 9.09. The molecule has 0 aromatic carbocycles. The minimum atomic E-state index is 0.276. The van der Waals surface area contributed by atoms with Crippen molar-refractivity contribution < 1.29 is 4.79 Å². The number of hydrogen-bond acceptors (Lipinski definition) is 1. The highest BCUT2D eigenvalue weighted by atomic mass is 79.9. The van der Waals surface area contributed by atoms with Crippen LogP contribution in [0.15, 0.2) is 0 Å². The van der Waals surface area contributed by atoms with E-state index in [0.717, 1.165) is 24.2 Å². The van der Waals surface area contributed by atoms with Crippen molar-refractivity contribution in [3.05, 3.63) is 0 Å². The normalized spacial score (nSPS) is 30.5. The van der Waals surface area contributed by atoms with Crippen LogP contribution in [0, 0.1) is 17.8 Å². The number of carbonyl (C=O) groups is 1. The molecule has 15 heavy (non-hydrogen) atoms. The van der Waals surface area contributed by atoms with E-state index in [4.69, 9.17) is 0 Å². The van der Waals surface area contributed by atoms with Gasteiger partial charge in [-0.2, -0.15) is 0 Å². The lowest BCUT2D eigenvalue weighted by Gasteiger charge is -2.17. The fraction of sp³-hybridized carbons (Fsp3) is 0.917. The van der Waals surface area contributed by atoms with Gasteiger partial charge in [0, 0.05) is 18.3 Å². The molecular weight excluding hydrogens is 254 g/mol. The van der Waals surface area contributed by atoms with Gasteiger partial charge in [0.05, 0.1) is 0 Å². The summed E-state index contributed by atoms with van der Waals surface area (Å²) in [4.78, 5) is 11.5. The molecule has 2 nitrogen and oxygen atoms in total. The van der Waals surface area contributed by atoms with Crippen LogP contribution in [0.1, 0.15) is 38.5 Å². The van der Waals surface area contributed by atoms with E-state index in [1.165, 1.54) is 32.1 Å². The van der Waals surface area contributed by atoms with Crippen molar-refractivity contribution in [3.63, 3.8) is 0 Å². The topological polar surface area (TPSA) is 29.1 Å². The van der Waals surface area contributed by atoms with Crippen molar-refractivity contribution in [3.8, 4) is 0 Å². The molecule has 0 spiro atoms. The summed E-state index contributed by atoms with van der Waals surface area (Å²) >= 11 is 3.56. The van der Waals surface area contributed by atoms with Gasteiger partial charge in [0.25, 0.3) is 0 Å². The van der Waals surface area contributed by atoms with E-state index in [1.807, 2.05) is 0 Å². The third kappa shape index (κ3) is 3.47. The maximum atomic E-state index is 11.5. The minimum absolute atomic E-state index is 0.276. The zero-order valence-electron chi connectivity index (χ0n) is 9.18. The second-order valence-corrected chi connectivity index (χ2v) is 5.70. The molecule has 3 heteroatoms. The largest absolute Gasteiger partial charge is 0.356 e. The van der Waals surface area contributed by atoms with Gasteiger partial charge in [-0.05, 0) is 43.4 Å². The molecule has 86 valence electrons. The van der Waals surface area contributed by atoms with Crippen molar-refractivity contribution in [2.24, 2.45) is 17.8 Å². The number of halogens is 1. The molecule has 0 aromatic heterocycles. The molecule has 2 rings (SSSR count). The zero-order valence-corrected chi connectivity index (χ0v) is 10.8. The first-order valence-corrected chi connectivity index (χ1v) is 7.24. The Labute approximate surface area is 100 Å². The van der Waals surface area contributed by atoms with Gasteiger partial charge in [-0.1, -0.05) is 22.4 Å². The Kier molecular flexibility index (Phi) is 4.06. The number of alkyl halides is 1. The highest BCUT2D eigenvalue weighted by Gasteiger charge is 2.28. The average molecular weight is 274 g/mol. The van der Waals surface area contributed by atoms with Crippen LogP contribution in [0.25, 0.3) is 0 Å². The Hall–Kier alpha value is -0.0500. The molecule has 2 aliphatic rings. The van der Waals surface area contributed by atoms with Gasteiger partial charge in [0.2, 0.25) is 5.91 Å². The SMILES string of the molecule is O=C(CC1CC1)NCC1CCCC1CBr. The molecule has 1 N–H and O–H groups in total. The molecular formula is C12H20BrNO. The van der Waals surface area contributed by atoms with Crippen molar-refractivity contribution in [1.82, 2.24) is 5.32 Å². The van der Waals surface area contributed by atoms with Crippen LogP contribution in [0.4, 0.5) is 0 Å². The van der Waals surface area contributed by atoms with E-state index in [-0.39, 0.29) is 5.91 Å². The fourth-order valence-corrected chi connectivity index (χ4v) is 3.34. The molecule has 2 fully saturated rings. The fourth-order valence-electron chi connectivity index (χ4n) is 2.49. The van der Waals surface area contributed by atoms with Crippen LogP contribution in [-0.2, 0) is 4.79 Å². The highest BCUT2D eigenvalue weighted by Crippen LogP contribution is 2.33. The maximum absolute atomic E-state index is 11.5. The van der Waals surface area contributed by atoms with E-state index >= 15 is 0 Å². The number of hydrogen-bond donors (Lipinski definition) is 1. The molecule has 2 atom stereocenters. The number of carbonyl (C=O) groups excluding carboxylic acids is 1. The lowest BCUT2D eigenvalue weighted by molar-refractivity contribution is -0.121. The molecule has 0 bridgehead atoms. The number of amides is 1. The van der Waals surface area contributed by atoms with Crippen LogP contribution < -0.4 is 5.32 Å². The minimum Gasteiger partial charge on any atom is -0.356 e. The molecule has 2 unspecified atom stereocenters. The van der Waals surface area contributed by atoms with Crippen molar-refractivity contribution in [2.75, 3.05) is 11.9 Å². The van der Waals surface area contributed by atoms with Crippen LogP contribution >= 0.6 is 15.9 Å². The molecule has 0 heterocycles. The summed E-state index contributed by atoms with van der Waals surface area (Å²) in [5, 5.41) is 4.19. The molecule has 0 radical (unpaired) electrons. The van der Waals surface area contributed by atoms with Crippen molar-refractivity contribution in [2.45, 2.75) is 38.5 Å². The molecule has 0 aliphatic heterocycles. The van der Waals surface area contributed by atoms with Crippen molar-refractivity contribution in [1.29, 1.82) is 0 Å². The second-order valence-electron chi connectivity index (χ2n) is 5.06. The number of rotatable bonds is 5. The van der Waals surface area contributed by atoms with Crippen molar-refractivity contribution >= 4 is 21.8 Å². The summed E-state index contributed by atoms with van der Waals surface area (Å²) in [6.45, 7) is 0.905. The van der Waals surface area contributed by atoms with Crippen LogP contribution in [-0.4, -0.2) is 17.8 Å². The summed E-state index contributed by atoms with van der Waals surface area (Å²) in [6.07, 6.45) is 7.25. The number of nitrogens with one attached hydrogen (secondary N) is 1. The summed E-state index contributed by atoms with van der Waals surface area (Å²) in [7, 11) is 0. The summed E-state index contributed by atoms with van der Waals surface area (Å²) in [6, 6.07) is 0. The third-order valence-electron chi connectivity index (χ3n) is 3.75. The first-order chi connectivity index (χ1) is 7.29. The van der Waals surface area contributed by atoms with Crippen LogP contribution in [0.2, 0.25) is 0 Å². The monoisotopic (exact) mass is 273 g/mol. The molecule has 2 aliphatic carbocycles. The third-order valence-corrected chi connectivity index (χ3v) is 4.58. The van der Waals surface area contributed by atoms with E-state index in [1.54, 1.807) is 0 Å². The zero-order chi connectivity index (χ0) is 10.7. The van der Waals surface area contributed by atoms with E-state index in [0.29, 0.717) is 11.8 Å². The first kappa shape index (κ1) is 11.4. The summed E-state index contributed by atoms with van der Waals surface area (Å²) in [5.74, 6) is 2.48. The van der Waals surface area contributed by atoms with Crippen LogP contribution in [0.5, 0.6) is 0 Å². The van der Waals surface area contributed by atoms with Gasteiger partial charge in [0.15, 0.2) is 0 Å². The smallest absolute Gasteiger partial charge is 0.220 e. The molecule has 1 amide bonds. The second kappa shape index (κ2) is 5.33. The Morgan fingerprint density at radius 3 is 2.60 bits per heavy atom. The standard InChI is InChI=1S/C12H20BrNO/c13-7-10-2-1-3-11(10)8-14-12(15)6-9-4-5-9/h9-11H,1-8H2,(H,14,15).